The molecule has 0 amide bonds. The highest BCUT2D eigenvalue weighted by Gasteiger charge is 2.22. The van der Waals surface area contributed by atoms with Gasteiger partial charge in [0.2, 0.25) is 0 Å². The summed E-state index contributed by atoms with van der Waals surface area (Å²) in [6.45, 7) is 1.88. The molecule has 0 radical (unpaired) electrons. The molecule has 3 rings (SSSR count). The van der Waals surface area contributed by atoms with Crippen LogP contribution < -0.4 is 0 Å². The molecule has 1 N–H and O–H groups in total. The summed E-state index contributed by atoms with van der Waals surface area (Å²) in [5.41, 5.74) is 3.39. The molecule has 5 nitrogen and oxygen atoms in total. The van der Waals surface area contributed by atoms with E-state index in [1.807, 2.05) is 25.1 Å². The molecule has 23 heavy (non-hydrogen) atoms. The summed E-state index contributed by atoms with van der Waals surface area (Å²) in [5.74, 6) is 0. The molecule has 0 aliphatic heterocycles. The first kappa shape index (κ1) is 15.3. The van der Waals surface area contributed by atoms with E-state index in [2.05, 4.69) is 9.97 Å². The first-order valence-electron chi connectivity index (χ1n) is 6.90. The van der Waals surface area contributed by atoms with Crippen molar-refractivity contribution in [1.29, 1.82) is 0 Å². The molecule has 1 aromatic heterocycles. The summed E-state index contributed by atoms with van der Waals surface area (Å²) in [4.78, 5) is 7.88. The fourth-order valence-electron chi connectivity index (χ4n) is 2.59. The van der Waals surface area contributed by atoms with Crippen LogP contribution in [0.2, 0.25) is 0 Å². The Kier molecular flexibility index (Phi) is 3.94. The van der Waals surface area contributed by atoms with E-state index in [1.165, 1.54) is 12.4 Å². The first-order valence-corrected chi connectivity index (χ1v) is 8.34. The minimum atomic E-state index is -4.37. The van der Waals surface area contributed by atoms with Crippen LogP contribution in [-0.4, -0.2) is 22.9 Å². The van der Waals surface area contributed by atoms with Gasteiger partial charge in [0.15, 0.2) is 0 Å². The van der Waals surface area contributed by atoms with Crippen LogP contribution in [0.3, 0.4) is 0 Å². The first-order chi connectivity index (χ1) is 11.0. The van der Waals surface area contributed by atoms with Gasteiger partial charge in [0.1, 0.15) is 11.2 Å². The van der Waals surface area contributed by atoms with Gasteiger partial charge in [-0.25, -0.2) is 9.97 Å². The Balaban J connectivity index is 2.44. The number of benzene rings is 2. The smallest absolute Gasteiger partial charge is 0.282 e. The Hall–Kier alpha value is -2.57. The number of rotatable bonds is 3. The van der Waals surface area contributed by atoms with E-state index in [-0.39, 0.29) is 4.90 Å². The SMILES string of the molecule is Cc1ccc(S(=O)(=O)O)c(-c2ccccc2)c1-c1cncnc1. The lowest BCUT2D eigenvalue weighted by Crippen LogP contribution is -2.03. The van der Waals surface area contributed by atoms with Gasteiger partial charge in [0, 0.05) is 23.5 Å². The molecular formula is C17H14N2O3S. The van der Waals surface area contributed by atoms with E-state index in [9.17, 15) is 13.0 Å². The molecule has 0 aliphatic rings. The fourth-order valence-corrected chi connectivity index (χ4v) is 3.31. The molecule has 0 atom stereocenters. The maximum absolute atomic E-state index is 11.8. The quantitative estimate of drug-likeness (QED) is 0.746. The summed E-state index contributed by atoms with van der Waals surface area (Å²) in [5, 5.41) is 0. The van der Waals surface area contributed by atoms with Crippen LogP contribution in [0.5, 0.6) is 0 Å². The molecule has 0 bridgehead atoms. The van der Waals surface area contributed by atoms with E-state index in [4.69, 9.17) is 0 Å². The van der Waals surface area contributed by atoms with Gasteiger partial charge in [-0.05, 0) is 29.7 Å². The van der Waals surface area contributed by atoms with Crippen molar-refractivity contribution >= 4 is 10.1 Å². The lowest BCUT2D eigenvalue weighted by molar-refractivity contribution is 0.483. The average molecular weight is 326 g/mol. The zero-order valence-electron chi connectivity index (χ0n) is 12.3. The predicted octanol–water partition coefficient (Wildman–Crippen LogP) is 3.37. The van der Waals surface area contributed by atoms with Crippen molar-refractivity contribution in [2.45, 2.75) is 11.8 Å². The number of hydrogen-bond donors (Lipinski definition) is 1. The van der Waals surface area contributed by atoms with Gasteiger partial charge in [0.05, 0.1) is 0 Å². The van der Waals surface area contributed by atoms with Crippen molar-refractivity contribution < 1.29 is 13.0 Å². The molecule has 0 fully saturated rings. The zero-order chi connectivity index (χ0) is 16.4. The fraction of sp³-hybridized carbons (Fsp3) is 0.0588. The van der Waals surface area contributed by atoms with Crippen LogP contribution in [0.4, 0.5) is 0 Å². The molecule has 6 heteroatoms. The molecule has 0 saturated carbocycles. The summed E-state index contributed by atoms with van der Waals surface area (Å²) in [6, 6.07) is 12.2. The van der Waals surface area contributed by atoms with Gasteiger partial charge in [-0.1, -0.05) is 36.4 Å². The molecule has 2 aromatic carbocycles. The van der Waals surface area contributed by atoms with Crippen molar-refractivity contribution in [2.75, 3.05) is 0 Å². The second kappa shape index (κ2) is 5.91. The van der Waals surface area contributed by atoms with Crippen LogP contribution >= 0.6 is 0 Å². The molecule has 0 spiro atoms. The van der Waals surface area contributed by atoms with Gasteiger partial charge in [-0.2, -0.15) is 8.42 Å². The van der Waals surface area contributed by atoms with Gasteiger partial charge in [-0.15, -0.1) is 0 Å². The van der Waals surface area contributed by atoms with Gasteiger partial charge >= 0.3 is 0 Å². The van der Waals surface area contributed by atoms with E-state index < -0.39 is 10.1 Å². The Morgan fingerprint density at radius 2 is 1.52 bits per heavy atom. The third-order valence-electron chi connectivity index (χ3n) is 3.57. The van der Waals surface area contributed by atoms with Gasteiger partial charge in [0.25, 0.3) is 10.1 Å². The maximum Gasteiger partial charge on any atom is 0.295 e. The van der Waals surface area contributed by atoms with E-state index in [0.717, 1.165) is 5.56 Å². The Bertz CT molecular complexity index is 940. The maximum atomic E-state index is 11.8. The summed E-state index contributed by atoms with van der Waals surface area (Å²) in [7, 11) is -4.37. The predicted molar refractivity (Wildman–Crippen MR) is 87.5 cm³/mol. The summed E-state index contributed by atoms with van der Waals surface area (Å²) >= 11 is 0. The number of hydrogen-bond acceptors (Lipinski definition) is 4. The summed E-state index contributed by atoms with van der Waals surface area (Å²) < 4.78 is 33.3. The molecule has 116 valence electrons. The Morgan fingerprint density at radius 3 is 2.13 bits per heavy atom. The standard InChI is InChI=1S/C17H14N2O3S/c1-12-7-8-15(23(20,21)22)17(13-5-3-2-4-6-13)16(12)14-9-18-11-19-10-14/h2-11H,1H3,(H,20,21,22). The van der Waals surface area contributed by atoms with E-state index in [0.29, 0.717) is 22.3 Å². The van der Waals surface area contributed by atoms with E-state index in [1.54, 1.807) is 30.6 Å². The van der Waals surface area contributed by atoms with Crippen LogP contribution in [0.1, 0.15) is 5.56 Å². The number of aromatic nitrogens is 2. The molecule has 1 heterocycles. The van der Waals surface area contributed by atoms with Crippen LogP contribution in [0.25, 0.3) is 22.3 Å². The highest BCUT2D eigenvalue weighted by atomic mass is 32.2. The highest BCUT2D eigenvalue weighted by molar-refractivity contribution is 7.86. The van der Waals surface area contributed by atoms with Gasteiger partial charge in [-0.3, -0.25) is 4.55 Å². The van der Waals surface area contributed by atoms with Crippen molar-refractivity contribution in [3.05, 3.63) is 66.7 Å². The average Bonchev–Trinajstić information content (AvgIpc) is 2.55. The van der Waals surface area contributed by atoms with Crippen molar-refractivity contribution in [1.82, 2.24) is 9.97 Å². The normalized spacial score (nSPS) is 11.4. The molecule has 0 unspecified atom stereocenters. The Morgan fingerprint density at radius 1 is 0.870 bits per heavy atom. The van der Waals surface area contributed by atoms with Crippen molar-refractivity contribution in [3.8, 4) is 22.3 Å². The van der Waals surface area contributed by atoms with Crippen LogP contribution in [0, 0.1) is 6.92 Å². The lowest BCUT2D eigenvalue weighted by Gasteiger charge is -2.16. The third kappa shape index (κ3) is 2.99. The zero-order valence-corrected chi connectivity index (χ0v) is 13.2. The van der Waals surface area contributed by atoms with Crippen molar-refractivity contribution in [2.24, 2.45) is 0 Å². The van der Waals surface area contributed by atoms with Crippen LogP contribution in [0.15, 0.2) is 66.1 Å². The molecule has 3 aromatic rings. The largest absolute Gasteiger partial charge is 0.295 e. The van der Waals surface area contributed by atoms with Crippen LogP contribution in [-0.2, 0) is 10.1 Å². The van der Waals surface area contributed by atoms with Crippen molar-refractivity contribution in [3.63, 3.8) is 0 Å². The van der Waals surface area contributed by atoms with E-state index >= 15 is 0 Å². The second-order valence-electron chi connectivity index (χ2n) is 5.10. The second-order valence-corrected chi connectivity index (χ2v) is 6.49. The minimum absolute atomic E-state index is 0.131. The monoisotopic (exact) mass is 326 g/mol. The molecule has 0 aliphatic carbocycles. The Labute approximate surface area is 134 Å². The molecular weight excluding hydrogens is 312 g/mol. The molecule has 0 saturated heterocycles. The lowest BCUT2D eigenvalue weighted by atomic mass is 9.92. The topological polar surface area (TPSA) is 80.2 Å². The van der Waals surface area contributed by atoms with Gasteiger partial charge < -0.3 is 0 Å². The number of nitrogens with zero attached hydrogens (tertiary/aromatic N) is 2. The number of aryl methyl sites for hydroxylation is 1. The highest BCUT2D eigenvalue weighted by Crippen LogP contribution is 2.38. The third-order valence-corrected chi connectivity index (χ3v) is 4.46. The minimum Gasteiger partial charge on any atom is -0.282 e. The summed E-state index contributed by atoms with van der Waals surface area (Å²) in [6.07, 6.45) is 4.65.